The Balaban J connectivity index is 2.68. The number of guanidine groups is 1. The molecule has 0 aliphatic carbocycles. The SMILES string of the molecule is Cc1ccc(C(C)N=NC(=N)N)o1. The maximum atomic E-state index is 6.84. The van der Waals surface area contributed by atoms with E-state index in [-0.39, 0.29) is 12.0 Å². The average molecular weight is 180 g/mol. The van der Waals surface area contributed by atoms with E-state index in [1.54, 1.807) is 0 Å². The number of aryl methyl sites for hydroxylation is 1. The topological polar surface area (TPSA) is 87.7 Å². The molecule has 13 heavy (non-hydrogen) atoms. The van der Waals surface area contributed by atoms with Gasteiger partial charge in [0.15, 0.2) is 0 Å². The lowest BCUT2D eigenvalue weighted by Gasteiger charge is -1.98. The molecule has 1 aromatic rings. The Labute approximate surface area is 76.2 Å². The molecule has 5 nitrogen and oxygen atoms in total. The molecule has 1 aromatic heterocycles. The van der Waals surface area contributed by atoms with Crippen LogP contribution in [-0.4, -0.2) is 5.96 Å². The van der Waals surface area contributed by atoms with Crippen molar-refractivity contribution in [1.82, 2.24) is 0 Å². The van der Waals surface area contributed by atoms with Gasteiger partial charge < -0.3 is 10.2 Å². The van der Waals surface area contributed by atoms with Crippen LogP contribution in [0.2, 0.25) is 0 Å². The second-order valence-corrected chi connectivity index (χ2v) is 2.73. The van der Waals surface area contributed by atoms with Crippen molar-refractivity contribution in [2.75, 3.05) is 0 Å². The van der Waals surface area contributed by atoms with Gasteiger partial charge in [-0.1, -0.05) is 0 Å². The highest BCUT2D eigenvalue weighted by atomic mass is 16.3. The van der Waals surface area contributed by atoms with Gasteiger partial charge in [0, 0.05) is 0 Å². The highest BCUT2D eigenvalue weighted by Gasteiger charge is 2.07. The Kier molecular flexibility index (Phi) is 2.79. The average Bonchev–Trinajstić information content (AvgIpc) is 2.47. The molecule has 0 spiro atoms. The summed E-state index contributed by atoms with van der Waals surface area (Å²) in [5.41, 5.74) is 5.02. The van der Waals surface area contributed by atoms with Crippen molar-refractivity contribution in [2.45, 2.75) is 19.9 Å². The summed E-state index contributed by atoms with van der Waals surface area (Å²) in [4.78, 5) is 0. The molecule has 3 N–H and O–H groups in total. The molecule has 0 saturated heterocycles. The summed E-state index contributed by atoms with van der Waals surface area (Å²) in [7, 11) is 0. The second-order valence-electron chi connectivity index (χ2n) is 2.73. The van der Waals surface area contributed by atoms with Crippen molar-refractivity contribution in [2.24, 2.45) is 16.0 Å². The van der Waals surface area contributed by atoms with Crippen molar-refractivity contribution in [3.8, 4) is 0 Å². The lowest BCUT2D eigenvalue weighted by Crippen LogP contribution is -2.04. The molecule has 0 aromatic carbocycles. The number of hydrogen-bond acceptors (Lipinski definition) is 3. The standard InChI is InChI=1S/C8H12N4O/c1-5-3-4-7(13-5)6(2)11-12-8(9)10/h3-4,6H,1-2H3,(H3,9,10). The molecular formula is C8H12N4O. The normalized spacial score (nSPS) is 13.4. The van der Waals surface area contributed by atoms with E-state index >= 15 is 0 Å². The Hall–Kier alpha value is -1.65. The molecular weight excluding hydrogens is 168 g/mol. The molecule has 1 heterocycles. The van der Waals surface area contributed by atoms with Crippen molar-refractivity contribution < 1.29 is 4.42 Å². The van der Waals surface area contributed by atoms with Gasteiger partial charge in [-0.25, -0.2) is 0 Å². The molecule has 0 aliphatic heterocycles. The maximum absolute atomic E-state index is 6.84. The summed E-state index contributed by atoms with van der Waals surface area (Å²) in [6.07, 6.45) is 0. The zero-order valence-corrected chi connectivity index (χ0v) is 7.61. The van der Waals surface area contributed by atoms with Crippen LogP contribution < -0.4 is 5.73 Å². The Morgan fingerprint density at radius 3 is 2.77 bits per heavy atom. The third-order valence-electron chi connectivity index (χ3n) is 1.51. The van der Waals surface area contributed by atoms with Crippen molar-refractivity contribution in [3.05, 3.63) is 23.7 Å². The van der Waals surface area contributed by atoms with E-state index in [2.05, 4.69) is 10.2 Å². The second kappa shape index (κ2) is 3.84. The highest BCUT2D eigenvalue weighted by Crippen LogP contribution is 2.19. The number of hydrogen-bond donors (Lipinski definition) is 2. The van der Waals surface area contributed by atoms with Crippen LogP contribution in [0.3, 0.4) is 0 Å². The monoisotopic (exact) mass is 180 g/mol. The van der Waals surface area contributed by atoms with Crippen molar-refractivity contribution >= 4 is 5.96 Å². The molecule has 1 atom stereocenters. The van der Waals surface area contributed by atoms with Crippen molar-refractivity contribution in [3.63, 3.8) is 0 Å². The first kappa shape index (κ1) is 9.44. The molecule has 70 valence electrons. The van der Waals surface area contributed by atoms with Crippen LogP contribution >= 0.6 is 0 Å². The zero-order valence-electron chi connectivity index (χ0n) is 7.61. The predicted molar refractivity (Wildman–Crippen MR) is 48.6 cm³/mol. The van der Waals surface area contributed by atoms with Gasteiger partial charge in [0.25, 0.3) is 0 Å². The fourth-order valence-electron chi connectivity index (χ4n) is 0.884. The summed E-state index contributed by atoms with van der Waals surface area (Å²) in [6.45, 7) is 3.68. The highest BCUT2D eigenvalue weighted by molar-refractivity contribution is 5.74. The number of rotatable bonds is 2. The van der Waals surface area contributed by atoms with Gasteiger partial charge in [-0.2, -0.15) is 5.11 Å². The molecule has 0 fully saturated rings. The molecule has 0 bridgehead atoms. The minimum atomic E-state index is -0.296. The van der Waals surface area contributed by atoms with Gasteiger partial charge in [-0.3, -0.25) is 5.41 Å². The maximum Gasteiger partial charge on any atom is 0.232 e. The summed E-state index contributed by atoms with van der Waals surface area (Å²) in [5, 5.41) is 14.1. The third-order valence-corrected chi connectivity index (χ3v) is 1.51. The fraction of sp³-hybridized carbons (Fsp3) is 0.375. The van der Waals surface area contributed by atoms with E-state index in [0.29, 0.717) is 0 Å². The van der Waals surface area contributed by atoms with Crippen molar-refractivity contribution in [1.29, 1.82) is 5.41 Å². The number of furan rings is 1. The molecule has 0 saturated carbocycles. The number of azo groups is 1. The lowest BCUT2D eigenvalue weighted by molar-refractivity contribution is 0.453. The smallest absolute Gasteiger partial charge is 0.232 e. The van der Waals surface area contributed by atoms with Gasteiger partial charge in [-0.05, 0) is 26.0 Å². The van der Waals surface area contributed by atoms with E-state index in [1.807, 2.05) is 26.0 Å². The van der Waals surface area contributed by atoms with Crippen LogP contribution in [0.5, 0.6) is 0 Å². The third kappa shape index (κ3) is 2.70. The van der Waals surface area contributed by atoms with E-state index in [1.165, 1.54) is 0 Å². The Bertz CT molecular complexity index is 329. The fourth-order valence-corrected chi connectivity index (χ4v) is 0.884. The van der Waals surface area contributed by atoms with Crippen LogP contribution in [0.25, 0.3) is 0 Å². The van der Waals surface area contributed by atoms with Gasteiger partial charge >= 0.3 is 0 Å². The van der Waals surface area contributed by atoms with Gasteiger partial charge in [-0.15, -0.1) is 5.11 Å². The molecule has 1 unspecified atom stereocenters. The van der Waals surface area contributed by atoms with Crippen LogP contribution in [0.4, 0.5) is 0 Å². The summed E-state index contributed by atoms with van der Waals surface area (Å²) >= 11 is 0. The van der Waals surface area contributed by atoms with E-state index in [9.17, 15) is 0 Å². The van der Waals surface area contributed by atoms with E-state index in [0.717, 1.165) is 11.5 Å². The largest absolute Gasteiger partial charge is 0.464 e. The summed E-state index contributed by atoms with van der Waals surface area (Å²) < 4.78 is 5.31. The number of nitrogens with zero attached hydrogens (tertiary/aromatic N) is 2. The quantitative estimate of drug-likeness (QED) is 0.414. The van der Waals surface area contributed by atoms with Crippen LogP contribution in [0, 0.1) is 12.3 Å². The first-order valence-electron chi connectivity index (χ1n) is 3.91. The molecule has 0 aliphatic rings. The first-order valence-corrected chi connectivity index (χ1v) is 3.91. The first-order chi connectivity index (χ1) is 6.09. The van der Waals surface area contributed by atoms with Gasteiger partial charge in [0.1, 0.15) is 17.6 Å². The predicted octanol–water partition coefficient (Wildman–Crippen LogP) is 1.99. The molecule has 0 radical (unpaired) electrons. The summed E-state index contributed by atoms with van der Waals surface area (Å²) in [6, 6.07) is 3.49. The van der Waals surface area contributed by atoms with Crippen LogP contribution in [-0.2, 0) is 0 Å². The Morgan fingerprint density at radius 1 is 1.62 bits per heavy atom. The van der Waals surface area contributed by atoms with E-state index < -0.39 is 0 Å². The minimum Gasteiger partial charge on any atom is -0.464 e. The number of nitrogens with two attached hydrogens (primary N) is 1. The lowest BCUT2D eigenvalue weighted by atomic mass is 10.3. The Morgan fingerprint density at radius 2 is 2.31 bits per heavy atom. The zero-order chi connectivity index (χ0) is 9.84. The molecule has 0 amide bonds. The van der Waals surface area contributed by atoms with Gasteiger partial charge in [0.05, 0.1) is 0 Å². The van der Waals surface area contributed by atoms with Crippen LogP contribution in [0.15, 0.2) is 26.8 Å². The van der Waals surface area contributed by atoms with E-state index in [4.69, 9.17) is 15.6 Å². The molecule has 5 heteroatoms. The molecule has 1 rings (SSSR count). The minimum absolute atomic E-state index is 0.197. The van der Waals surface area contributed by atoms with Crippen LogP contribution in [0.1, 0.15) is 24.5 Å². The number of nitrogens with one attached hydrogen (secondary N) is 1. The summed E-state index contributed by atoms with van der Waals surface area (Å²) in [5.74, 6) is 1.26. The van der Waals surface area contributed by atoms with Gasteiger partial charge in [0.2, 0.25) is 5.96 Å².